The second-order valence-corrected chi connectivity index (χ2v) is 7.62. The molecule has 0 aromatic carbocycles. The molecule has 170 valence electrons. The Labute approximate surface area is 180 Å². The smallest absolute Gasteiger partial charge is 0.220 e. The maximum Gasteiger partial charge on any atom is 0.220 e. The van der Waals surface area contributed by atoms with E-state index in [1.165, 1.54) is 51.4 Å². The van der Waals surface area contributed by atoms with Gasteiger partial charge in [-0.2, -0.15) is 0 Å². The lowest BCUT2D eigenvalue weighted by molar-refractivity contribution is -0.121. The van der Waals surface area contributed by atoms with Gasteiger partial charge < -0.3 is 21.7 Å². The Bertz CT molecular complexity index is 396. The highest BCUT2D eigenvalue weighted by Crippen LogP contribution is 2.08. The number of hydrogen-bond acceptors (Lipinski definition) is 4. The van der Waals surface area contributed by atoms with E-state index in [9.17, 15) is 4.79 Å². The minimum Gasteiger partial charge on any atom is -0.355 e. The summed E-state index contributed by atoms with van der Waals surface area (Å²) in [5, 5.41) is 9.50. The van der Waals surface area contributed by atoms with Gasteiger partial charge in [-0.05, 0) is 38.5 Å². The molecule has 0 saturated carbocycles. The van der Waals surface area contributed by atoms with Crippen LogP contribution in [-0.2, 0) is 4.79 Å². The fourth-order valence-corrected chi connectivity index (χ4v) is 3.00. The van der Waals surface area contributed by atoms with Gasteiger partial charge in [0.05, 0.1) is 0 Å². The van der Waals surface area contributed by atoms with Crippen LogP contribution in [0, 0.1) is 0 Å². The molecule has 0 aromatic rings. The van der Waals surface area contributed by atoms with Crippen molar-refractivity contribution in [1.29, 1.82) is 0 Å². The minimum absolute atomic E-state index is 0.179. The van der Waals surface area contributed by atoms with Crippen LogP contribution in [-0.4, -0.2) is 45.2 Å². The van der Waals surface area contributed by atoms with Crippen molar-refractivity contribution in [3.63, 3.8) is 0 Å². The average Bonchev–Trinajstić information content (AvgIpc) is 2.72. The molecule has 29 heavy (non-hydrogen) atoms. The third-order valence-corrected chi connectivity index (χ3v) is 4.78. The van der Waals surface area contributed by atoms with E-state index in [0.717, 1.165) is 45.4 Å². The van der Waals surface area contributed by atoms with Gasteiger partial charge in [0.15, 0.2) is 0 Å². The molecule has 0 heterocycles. The highest BCUT2D eigenvalue weighted by Gasteiger charge is 2.00. The van der Waals surface area contributed by atoms with Crippen molar-refractivity contribution in [2.45, 2.75) is 84.0 Å². The number of rotatable bonds is 22. The van der Waals surface area contributed by atoms with Crippen molar-refractivity contribution in [3.8, 4) is 0 Å². The van der Waals surface area contributed by atoms with E-state index >= 15 is 0 Å². The first-order valence-corrected chi connectivity index (χ1v) is 12.0. The number of amides is 1. The maximum atomic E-state index is 11.8. The first-order valence-electron chi connectivity index (χ1n) is 12.0. The van der Waals surface area contributed by atoms with Gasteiger partial charge in [-0.1, -0.05) is 63.3 Å². The molecule has 0 radical (unpaired) electrons. The lowest BCUT2D eigenvalue weighted by Crippen LogP contribution is -2.35. The van der Waals surface area contributed by atoms with Crippen LogP contribution in [0.2, 0.25) is 0 Å². The van der Waals surface area contributed by atoms with Crippen molar-refractivity contribution in [1.82, 2.24) is 16.0 Å². The molecule has 5 heteroatoms. The first-order chi connectivity index (χ1) is 14.3. The van der Waals surface area contributed by atoms with Crippen molar-refractivity contribution in [2.75, 3.05) is 39.3 Å². The van der Waals surface area contributed by atoms with E-state index in [4.69, 9.17) is 5.73 Å². The summed E-state index contributed by atoms with van der Waals surface area (Å²) in [6.07, 6.45) is 23.2. The van der Waals surface area contributed by atoms with Crippen LogP contribution in [0.25, 0.3) is 0 Å². The monoisotopic (exact) mass is 408 g/mol. The Morgan fingerprint density at radius 3 is 2.00 bits per heavy atom. The summed E-state index contributed by atoms with van der Waals surface area (Å²) in [6, 6.07) is 0. The summed E-state index contributed by atoms with van der Waals surface area (Å²) in [5.74, 6) is 0.179. The molecule has 5 nitrogen and oxygen atoms in total. The number of unbranched alkanes of at least 4 members (excludes halogenated alkanes) is 8. The molecule has 5 N–H and O–H groups in total. The van der Waals surface area contributed by atoms with Crippen LogP contribution in [0.4, 0.5) is 0 Å². The summed E-state index contributed by atoms with van der Waals surface area (Å²) in [6.45, 7) is 7.11. The van der Waals surface area contributed by atoms with Crippen molar-refractivity contribution >= 4 is 5.91 Å². The highest BCUT2D eigenvalue weighted by molar-refractivity contribution is 5.75. The maximum absolute atomic E-state index is 11.8. The molecule has 0 aliphatic heterocycles. The third kappa shape index (κ3) is 24.8. The van der Waals surface area contributed by atoms with E-state index in [-0.39, 0.29) is 5.91 Å². The SMILES string of the molecule is CCCCC/C=C\C/C=C\CCCCCCCC(=O)NCCNCCNCCN. The number of hydrogen-bond donors (Lipinski definition) is 4. The molecule has 0 aromatic heterocycles. The number of nitrogens with one attached hydrogen (secondary N) is 3. The van der Waals surface area contributed by atoms with Gasteiger partial charge in [-0.15, -0.1) is 0 Å². The van der Waals surface area contributed by atoms with Gasteiger partial charge in [0.25, 0.3) is 0 Å². The number of allylic oxidation sites excluding steroid dienone is 4. The van der Waals surface area contributed by atoms with Crippen molar-refractivity contribution in [2.24, 2.45) is 5.73 Å². The molecular weight excluding hydrogens is 360 g/mol. The Balaban J connectivity index is 3.25. The van der Waals surface area contributed by atoms with Gasteiger partial charge in [0, 0.05) is 45.7 Å². The van der Waals surface area contributed by atoms with Crippen LogP contribution < -0.4 is 21.7 Å². The summed E-state index contributed by atoms with van der Waals surface area (Å²) >= 11 is 0. The molecular formula is C24H48N4O. The Morgan fingerprint density at radius 2 is 1.31 bits per heavy atom. The topological polar surface area (TPSA) is 79.2 Å². The lowest BCUT2D eigenvalue weighted by atomic mass is 10.1. The van der Waals surface area contributed by atoms with Gasteiger partial charge in [0.2, 0.25) is 5.91 Å². The van der Waals surface area contributed by atoms with E-state index in [2.05, 4.69) is 47.2 Å². The normalized spacial score (nSPS) is 11.7. The highest BCUT2D eigenvalue weighted by atomic mass is 16.1. The summed E-state index contributed by atoms with van der Waals surface area (Å²) in [5.41, 5.74) is 5.40. The lowest BCUT2D eigenvalue weighted by Gasteiger charge is -2.07. The molecule has 0 aliphatic rings. The van der Waals surface area contributed by atoms with Crippen LogP contribution in [0.3, 0.4) is 0 Å². The van der Waals surface area contributed by atoms with E-state index in [1.807, 2.05) is 0 Å². The van der Waals surface area contributed by atoms with Gasteiger partial charge >= 0.3 is 0 Å². The van der Waals surface area contributed by atoms with Crippen molar-refractivity contribution < 1.29 is 4.79 Å². The molecule has 0 bridgehead atoms. The van der Waals surface area contributed by atoms with Crippen LogP contribution in [0.15, 0.2) is 24.3 Å². The zero-order chi connectivity index (χ0) is 21.3. The van der Waals surface area contributed by atoms with Gasteiger partial charge in [-0.3, -0.25) is 4.79 Å². The van der Waals surface area contributed by atoms with E-state index in [0.29, 0.717) is 19.5 Å². The molecule has 0 unspecified atom stereocenters. The Hall–Kier alpha value is -1.17. The first kappa shape index (κ1) is 27.8. The van der Waals surface area contributed by atoms with Crippen LogP contribution in [0.5, 0.6) is 0 Å². The summed E-state index contributed by atoms with van der Waals surface area (Å²) in [7, 11) is 0. The van der Waals surface area contributed by atoms with E-state index in [1.54, 1.807) is 0 Å². The Morgan fingerprint density at radius 1 is 0.724 bits per heavy atom. The average molecular weight is 409 g/mol. The van der Waals surface area contributed by atoms with Gasteiger partial charge in [0.1, 0.15) is 0 Å². The van der Waals surface area contributed by atoms with E-state index < -0.39 is 0 Å². The zero-order valence-electron chi connectivity index (χ0n) is 19.0. The molecule has 0 atom stereocenters. The number of carbonyl (C=O) groups is 1. The third-order valence-electron chi connectivity index (χ3n) is 4.78. The second kappa shape index (κ2) is 24.9. The fraction of sp³-hybridized carbons (Fsp3) is 0.792. The number of carbonyl (C=O) groups excluding carboxylic acids is 1. The molecule has 0 aliphatic carbocycles. The molecule has 1 amide bonds. The second-order valence-electron chi connectivity index (χ2n) is 7.62. The zero-order valence-corrected chi connectivity index (χ0v) is 19.0. The van der Waals surface area contributed by atoms with Crippen LogP contribution >= 0.6 is 0 Å². The molecule has 0 saturated heterocycles. The van der Waals surface area contributed by atoms with Gasteiger partial charge in [-0.25, -0.2) is 0 Å². The van der Waals surface area contributed by atoms with Crippen LogP contribution in [0.1, 0.15) is 84.0 Å². The predicted molar refractivity (Wildman–Crippen MR) is 127 cm³/mol. The molecule has 0 fully saturated rings. The molecule has 0 rings (SSSR count). The summed E-state index contributed by atoms with van der Waals surface area (Å²) < 4.78 is 0. The largest absolute Gasteiger partial charge is 0.355 e. The predicted octanol–water partition coefficient (Wildman–Crippen LogP) is 4.05. The minimum atomic E-state index is 0.179. The molecule has 0 spiro atoms. The summed E-state index contributed by atoms with van der Waals surface area (Å²) in [4.78, 5) is 11.8. The Kier molecular flexibility index (Phi) is 23.9. The number of nitrogens with two attached hydrogens (primary N) is 1. The van der Waals surface area contributed by atoms with Crippen molar-refractivity contribution in [3.05, 3.63) is 24.3 Å². The quantitative estimate of drug-likeness (QED) is 0.161. The fourth-order valence-electron chi connectivity index (χ4n) is 3.00. The standard InChI is InChI=1S/C24H48N4O/c1-2-3-4-5-6-7-8-9-10-11-12-13-14-15-16-17-24(29)28-23-22-27-21-20-26-19-18-25/h6-7,9-10,26-27H,2-5,8,11-23,25H2,1H3,(H,28,29)/b7-6-,10-9-.